The van der Waals surface area contributed by atoms with Crippen LogP contribution >= 0.6 is 0 Å². The van der Waals surface area contributed by atoms with Crippen molar-refractivity contribution in [1.82, 2.24) is 0 Å². The zero-order chi connectivity index (χ0) is 14.8. The maximum absolute atomic E-state index is 10.7. The van der Waals surface area contributed by atoms with Gasteiger partial charge in [-0.3, -0.25) is 0 Å². The second-order valence-electron chi connectivity index (χ2n) is 4.53. The lowest BCUT2D eigenvalue weighted by Crippen LogP contribution is -2.48. The molecule has 3 unspecified atom stereocenters. The van der Waals surface area contributed by atoms with Gasteiger partial charge in [0.15, 0.2) is 0 Å². The number of carbonyl (C=O) groups excluding carboxylic acids is 4. The molecule has 0 aromatic heterocycles. The molecule has 20 heavy (non-hydrogen) atoms. The predicted octanol–water partition coefficient (Wildman–Crippen LogP) is 0.237. The fraction of sp³-hybridized carbons (Fsp3) is 0.667. The molecule has 1 fully saturated rings. The van der Waals surface area contributed by atoms with E-state index in [9.17, 15) is 19.2 Å². The van der Waals surface area contributed by atoms with Crippen molar-refractivity contribution in [3.8, 4) is 0 Å². The molecule has 104 valence electrons. The van der Waals surface area contributed by atoms with E-state index in [1.807, 2.05) is 0 Å². The molecule has 0 spiro atoms. The predicted molar refractivity (Wildman–Crippen MR) is 66.1 cm³/mol. The Morgan fingerprint density at radius 3 is 2.30 bits per heavy atom. The lowest BCUT2D eigenvalue weighted by atomic mass is 9.72. The molecule has 0 radical (unpaired) electrons. The van der Waals surface area contributed by atoms with Gasteiger partial charge in [-0.25, -0.2) is 29.2 Å². The Hall–Kier alpha value is -2.48. The van der Waals surface area contributed by atoms with E-state index in [1.165, 1.54) is 24.3 Å². The fourth-order valence-corrected chi connectivity index (χ4v) is 2.56. The van der Waals surface area contributed by atoms with Gasteiger partial charge in [-0.05, 0) is 25.2 Å². The van der Waals surface area contributed by atoms with Gasteiger partial charge >= 0.3 is 0 Å². The van der Waals surface area contributed by atoms with Crippen molar-refractivity contribution in [2.45, 2.75) is 30.8 Å². The Bertz CT molecular complexity index is 538. The Labute approximate surface area is 114 Å². The van der Waals surface area contributed by atoms with Gasteiger partial charge in [-0.2, -0.15) is 9.98 Å². The van der Waals surface area contributed by atoms with E-state index >= 15 is 0 Å². The van der Waals surface area contributed by atoms with Gasteiger partial charge < -0.3 is 0 Å². The number of isocyanates is 4. The van der Waals surface area contributed by atoms with Crippen LogP contribution in [0.25, 0.3) is 0 Å². The molecule has 3 atom stereocenters. The fourth-order valence-electron chi connectivity index (χ4n) is 2.56. The first-order chi connectivity index (χ1) is 9.72. The molecule has 8 heteroatoms. The van der Waals surface area contributed by atoms with E-state index < -0.39 is 11.6 Å². The summed E-state index contributed by atoms with van der Waals surface area (Å²) in [6.45, 7) is 0.116. The standard InChI is InChI=1S/C12H12N4O4/c17-6-13-4-10-1-2-11(15-8-19)12(3-10,16-9-20)5-14-7-18/h10-11H,1-5H2. The zero-order valence-corrected chi connectivity index (χ0v) is 10.6. The smallest absolute Gasteiger partial charge is 0.211 e. The summed E-state index contributed by atoms with van der Waals surface area (Å²) in [5.41, 5.74) is -1.13. The van der Waals surface area contributed by atoms with Crippen LogP contribution in [0.1, 0.15) is 19.3 Å². The minimum absolute atomic E-state index is 0.0338. The van der Waals surface area contributed by atoms with Gasteiger partial charge in [-0.1, -0.05) is 0 Å². The van der Waals surface area contributed by atoms with Crippen molar-refractivity contribution in [1.29, 1.82) is 0 Å². The van der Waals surface area contributed by atoms with Gasteiger partial charge in [0, 0.05) is 0 Å². The van der Waals surface area contributed by atoms with Crippen molar-refractivity contribution < 1.29 is 19.2 Å². The first-order valence-electron chi connectivity index (χ1n) is 5.95. The van der Waals surface area contributed by atoms with E-state index in [4.69, 9.17) is 0 Å². The lowest BCUT2D eigenvalue weighted by Gasteiger charge is -2.38. The molecule has 1 saturated carbocycles. The maximum Gasteiger partial charge on any atom is 0.235 e. The SMILES string of the molecule is O=C=NCC1CCC(N=C=O)C(CN=C=O)(N=C=O)C1. The van der Waals surface area contributed by atoms with Crippen LogP contribution in [0, 0.1) is 5.92 Å². The summed E-state index contributed by atoms with van der Waals surface area (Å²) in [5, 5.41) is 0. The van der Waals surface area contributed by atoms with E-state index in [0.29, 0.717) is 19.3 Å². The molecule has 0 amide bonds. The highest BCUT2D eigenvalue weighted by Crippen LogP contribution is 2.37. The van der Waals surface area contributed by atoms with Gasteiger partial charge in [0.1, 0.15) is 5.54 Å². The average Bonchev–Trinajstić information content (AvgIpc) is 2.46. The van der Waals surface area contributed by atoms with Crippen molar-refractivity contribution in [3.05, 3.63) is 0 Å². The Kier molecular flexibility index (Phi) is 6.11. The summed E-state index contributed by atoms with van der Waals surface area (Å²) in [4.78, 5) is 55.9. The van der Waals surface area contributed by atoms with Crippen LogP contribution in [0.3, 0.4) is 0 Å². The van der Waals surface area contributed by atoms with Gasteiger partial charge in [0.05, 0.1) is 19.1 Å². The number of hydrogen-bond acceptors (Lipinski definition) is 8. The quantitative estimate of drug-likeness (QED) is 0.509. The molecular weight excluding hydrogens is 264 g/mol. The molecule has 0 N–H and O–H groups in total. The summed E-state index contributed by atoms with van der Waals surface area (Å²) in [6.07, 6.45) is 7.13. The molecule has 0 aromatic rings. The first kappa shape index (κ1) is 15.6. The van der Waals surface area contributed by atoms with Gasteiger partial charge in [-0.15, -0.1) is 0 Å². The molecule has 0 aliphatic heterocycles. The Morgan fingerprint density at radius 2 is 1.70 bits per heavy atom. The molecule has 0 aromatic carbocycles. The lowest BCUT2D eigenvalue weighted by molar-refractivity contribution is 0.205. The maximum atomic E-state index is 10.7. The molecule has 0 heterocycles. The highest BCUT2D eigenvalue weighted by Gasteiger charge is 2.45. The minimum Gasteiger partial charge on any atom is -0.211 e. The summed E-state index contributed by atoms with van der Waals surface area (Å²) in [7, 11) is 0. The highest BCUT2D eigenvalue weighted by molar-refractivity contribution is 5.40. The summed E-state index contributed by atoms with van der Waals surface area (Å²) >= 11 is 0. The highest BCUT2D eigenvalue weighted by atomic mass is 16.1. The van der Waals surface area contributed by atoms with Crippen LogP contribution in [0.2, 0.25) is 0 Å². The molecular formula is C12H12N4O4. The third-order valence-corrected chi connectivity index (χ3v) is 3.42. The summed E-state index contributed by atoms with van der Waals surface area (Å²) < 4.78 is 0. The van der Waals surface area contributed by atoms with E-state index in [0.717, 1.165) is 0 Å². The average molecular weight is 276 g/mol. The second kappa shape index (κ2) is 7.85. The van der Waals surface area contributed by atoms with Crippen LogP contribution < -0.4 is 0 Å². The zero-order valence-electron chi connectivity index (χ0n) is 10.6. The molecule has 1 rings (SSSR count). The molecule has 1 aliphatic rings. The minimum atomic E-state index is -1.13. The largest absolute Gasteiger partial charge is 0.235 e. The number of rotatable bonds is 6. The van der Waals surface area contributed by atoms with Crippen molar-refractivity contribution >= 4 is 24.3 Å². The number of aliphatic imine (C=N–C) groups is 4. The molecule has 1 aliphatic carbocycles. The molecule has 0 bridgehead atoms. The molecule has 8 nitrogen and oxygen atoms in total. The first-order valence-corrected chi connectivity index (χ1v) is 5.95. The van der Waals surface area contributed by atoms with Crippen LogP contribution in [0.4, 0.5) is 0 Å². The normalized spacial score (nSPS) is 28.0. The number of nitrogens with zero attached hydrogens (tertiary/aromatic N) is 4. The Balaban J connectivity index is 3.10. The third-order valence-electron chi connectivity index (χ3n) is 3.42. The summed E-state index contributed by atoms with van der Waals surface area (Å²) in [5.74, 6) is -0.0338. The van der Waals surface area contributed by atoms with Crippen LogP contribution in [-0.2, 0) is 19.2 Å². The monoisotopic (exact) mass is 276 g/mol. The third kappa shape index (κ3) is 3.75. The van der Waals surface area contributed by atoms with E-state index in [1.54, 1.807) is 0 Å². The van der Waals surface area contributed by atoms with Crippen LogP contribution in [0.5, 0.6) is 0 Å². The molecule has 0 saturated heterocycles. The second-order valence-corrected chi connectivity index (χ2v) is 4.53. The van der Waals surface area contributed by atoms with E-state index in [-0.39, 0.29) is 19.0 Å². The van der Waals surface area contributed by atoms with Crippen LogP contribution in [0.15, 0.2) is 20.0 Å². The summed E-state index contributed by atoms with van der Waals surface area (Å²) in [6, 6.07) is -0.602. The number of hydrogen-bond donors (Lipinski definition) is 0. The van der Waals surface area contributed by atoms with Gasteiger partial charge in [0.25, 0.3) is 0 Å². The van der Waals surface area contributed by atoms with E-state index in [2.05, 4.69) is 20.0 Å². The Morgan fingerprint density at radius 1 is 0.950 bits per heavy atom. The van der Waals surface area contributed by atoms with Crippen molar-refractivity contribution in [2.75, 3.05) is 13.1 Å². The van der Waals surface area contributed by atoms with Crippen LogP contribution in [-0.4, -0.2) is 49.0 Å². The van der Waals surface area contributed by atoms with Crippen molar-refractivity contribution in [2.24, 2.45) is 25.9 Å². The van der Waals surface area contributed by atoms with Gasteiger partial charge in [0.2, 0.25) is 24.3 Å². The van der Waals surface area contributed by atoms with Crippen molar-refractivity contribution in [3.63, 3.8) is 0 Å². The topological polar surface area (TPSA) is 118 Å².